The normalized spacial score (nSPS) is 11.5. The lowest BCUT2D eigenvalue weighted by Crippen LogP contribution is -2.17. The van der Waals surface area contributed by atoms with E-state index in [9.17, 15) is 18.0 Å². The summed E-state index contributed by atoms with van der Waals surface area (Å²) in [4.78, 5) is 16.2. The summed E-state index contributed by atoms with van der Waals surface area (Å²) >= 11 is 0. The maximum Gasteiger partial charge on any atom is 0.573 e. The van der Waals surface area contributed by atoms with Crippen molar-refractivity contribution in [3.8, 4) is 22.8 Å². The maximum atomic E-state index is 12.9. The highest BCUT2D eigenvalue weighted by Crippen LogP contribution is 2.28. The number of aromatic nitrogens is 1. The fourth-order valence-electron chi connectivity index (χ4n) is 3.68. The number of methoxy groups -OCH3 is 1. The monoisotopic (exact) mass is 439 g/mol. The second kappa shape index (κ2) is 8.42. The molecule has 1 aromatic heterocycles. The van der Waals surface area contributed by atoms with Gasteiger partial charge in [-0.05, 0) is 54.3 Å². The Morgan fingerprint density at radius 2 is 1.53 bits per heavy atom. The molecule has 0 saturated carbocycles. The van der Waals surface area contributed by atoms with Crippen LogP contribution in [0.1, 0.15) is 16.7 Å². The molecule has 164 valence electrons. The van der Waals surface area contributed by atoms with Crippen LogP contribution in [-0.2, 0) is 6.42 Å². The topological polar surface area (TPSA) is 51.3 Å². The van der Waals surface area contributed by atoms with Crippen molar-refractivity contribution in [2.24, 2.45) is 0 Å². The number of alkyl halides is 3. The molecule has 0 amide bonds. The molecule has 32 heavy (non-hydrogen) atoms. The van der Waals surface area contributed by atoms with Crippen LogP contribution in [0.15, 0.2) is 71.5 Å². The Hall–Kier alpha value is -3.74. The van der Waals surface area contributed by atoms with Crippen molar-refractivity contribution in [3.05, 3.63) is 93.6 Å². The fourth-order valence-corrected chi connectivity index (χ4v) is 3.68. The summed E-state index contributed by atoms with van der Waals surface area (Å²) < 4.78 is 46.2. The average Bonchev–Trinajstić information content (AvgIpc) is 2.77. The molecule has 0 spiro atoms. The van der Waals surface area contributed by atoms with Crippen molar-refractivity contribution in [3.63, 3.8) is 0 Å². The molecule has 0 saturated heterocycles. The third kappa shape index (κ3) is 4.46. The fraction of sp³-hybridized carbons (Fsp3) is 0.160. The predicted octanol–water partition coefficient (Wildman–Crippen LogP) is 6.00. The van der Waals surface area contributed by atoms with Crippen LogP contribution in [0, 0.1) is 6.92 Å². The molecule has 0 atom stereocenters. The van der Waals surface area contributed by atoms with Gasteiger partial charge >= 0.3 is 6.36 Å². The highest BCUT2D eigenvalue weighted by molar-refractivity contribution is 5.87. The number of halogens is 3. The summed E-state index contributed by atoms with van der Waals surface area (Å²) in [5.74, 6) is 0.346. The first-order valence-electron chi connectivity index (χ1n) is 9.89. The van der Waals surface area contributed by atoms with Crippen molar-refractivity contribution in [2.75, 3.05) is 7.11 Å². The molecule has 7 heteroatoms. The van der Waals surface area contributed by atoms with Crippen molar-refractivity contribution >= 4 is 10.9 Å². The lowest BCUT2D eigenvalue weighted by molar-refractivity contribution is -0.274. The molecule has 0 aliphatic carbocycles. The van der Waals surface area contributed by atoms with Crippen LogP contribution < -0.4 is 14.9 Å². The number of hydrogen-bond donors (Lipinski definition) is 1. The molecular weight excluding hydrogens is 419 g/mol. The first kappa shape index (κ1) is 21.5. The number of nitrogens with one attached hydrogen (secondary N) is 1. The van der Waals surface area contributed by atoms with Gasteiger partial charge < -0.3 is 14.5 Å². The zero-order valence-electron chi connectivity index (χ0n) is 17.4. The number of aromatic amines is 1. The van der Waals surface area contributed by atoms with E-state index in [1.165, 1.54) is 12.1 Å². The van der Waals surface area contributed by atoms with Gasteiger partial charge in [0.05, 0.1) is 18.3 Å². The zero-order valence-corrected chi connectivity index (χ0v) is 17.4. The van der Waals surface area contributed by atoms with E-state index in [0.29, 0.717) is 34.3 Å². The summed E-state index contributed by atoms with van der Waals surface area (Å²) in [7, 11) is 1.56. The number of ether oxygens (including phenoxy) is 2. The Kier molecular flexibility index (Phi) is 5.65. The molecule has 4 nitrogen and oxygen atoms in total. The van der Waals surface area contributed by atoms with Crippen molar-refractivity contribution in [1.82, 2.24) is 4.98 Å². The van der Waals surface area contributed by atoms with Crippen molar-refractivity contribution in [2.45, 2.75) is 19.7 Å². The summed E-state index contributed by atoms with van der Waals surface area (Å²) in [5.41, 5.74) is 4.60. The van der Waals surface area contributed by atoms with Gasteiger partial charge in [-0.2, -0.15) is 0 Å². The number of fused-ring (bicyclic) bond motifs is 1. The molecule has 0 radical (unpaired) electrons. The molecule has 1 heterocycles. The van der Waals surface area contributed by atoms with Gasteiger partial charge in [0, 0.05) is 10.9 Å². The zero-order chi connectivity index (χ0) is 22.9. The Labute approximate surface area is 182 Å². The second-order valence-corrected chi connectivity index (χ2v) is 7.40. The second-order valence-electron chi connectivity index (χ2n) is 7.40. The van der Waals surface area contributed by atoms with Gasteiger partial charge in [0.25, 0.3) is 0 Å². The van der Waals surface area contributed by atoms with Crippen molar-refractivity contribution in [1.29, 1.82) is 0 Å². The molecule has 0 fully saturated rings. The smallest absolute Gasteiger partial charge is 0.495 e. The molecule has 4 rings (SSSR count). The van der Waals surface area contributed by atoms with E-state index in [1.54, 1.807) is 44.4 Å². The first-order chi connectivity index (χ1) is 15.2. The molecule has 0 unspecified atom stereocenters. The van der Waals surface area contributed by atoms with Gasteiger partial charge in [0.15, 0.2) is 5.43 Å². The number of hydrogen-bond acceptors (Lipinski definition) is 3. The first-order valence-corrected chi connectivity index (χ1v) is 9.89. The number of H-pyrrole nitrogens is 1. The molecule has 0 aliphatic rings. The number of rotatable bonds is 5. The summed E-state index contributed by atoms with van der Waals surface area (Å²) in [6, 6.07) is 18.8. The Balaban J connectivity index is 1.60. The molecular formula is C25H20F3NO3. The van der Waals surface area contributed by atoms with E-state index < -0.39 is 6.36 Å². The van der Waals surface area contributed by atoms with Crippen molar-refractivity contribution < 1.29 is 22.6 Å². The van der Waals surface area contributed by atoms with E-state index in [1.807, 2.05) is 24.3 Å². The molecule has 3 aromatic carbocycles. The van der Waals surface area contributed by atoms with Crippen LogP contribution in [0.25, 0.3) is 22.2 Å². The number of benzene rings is 3. The SMILES string of the molecule is COc1cccc2c(=O)c(C)c(-c3ccc(Cc4ccc(OC(F)(F)F)cc4)cc3)[nH]c12. The Bertz CT molecular complexity index is 1310. The lowest BCUT2D eigenvalue weighted by Gasteiger charge is -2.12. The summed E-state index contributed by atoms with van der Waals surface area (Å²) in [5, 5.41) is 0.570. The number of para-hydroxylation sites is 1. The predicted molar refractivity (Wildman–Crippen MR) is 117 cm³/mol. The third-order valence-electron chi connectivity index (χ3n) is 5.26. The third-order valence-corrected chi connectivity index (χ3v) is 5.26. The van der Waals surface area contributed by atoms with Gasteiger partial charge in [0.2, 0.25) is 0 Å². The largest absolute Gasteiger partial charge is 0.573 e. The van der Waals surface area contributed by atoms with E-state index in [0.717, 1.165) is 16.7 Å². The van der Waals surface area contributed by atoms with E-state index in [2.05, 4.69) is 9.72 Å². The molecule has 0 bridgehead atoms. The minimum atomic E-state index is -4.71. The van der Waals surface area contributed by atoms with Crippen LogP contribution in [-0.4, -0.2) is 18.5 Å². The minimum Gasteiger partial charge on any atom is -0.495 e. The standard InChI is InChI=1S/C25H20F3NO3/c1-15-22(29-23-20(24(15)30)4-3-5-21(23)31-2)18-10-6-16(7-11-18)14-17-8-12-19(13-9-17)32-25(26,27)28/h3-13H,14H2,1-2H3,(H,29,30). The maximum absolute atomic E-state index is 12.9. The average molecular weight is 439 g/mol. The summed E-state index contributed by atoms with van der Waals surface area (Å²) in [6.45, 7) is 1.78. The van der Waals surface area contributed by atoms with Gasteiger partial charge in [-0.3, -0.25) is 4.79 Å². The van der Waals surface area contributed by atoms with Crippen LogP contribution in [0.2, 0.25) is 0 Å². The number of pyridine rings is 1. The van der Waals surface area contributed by atoms with E-state index in [-0.39, 0.29) is 11.2 Å². The highest BCUT2D eigenvalue weighted by Gasteiger charge is 2.30. The van der Waals surface area contributed by atoms with Crippen LogP contribution >= 0.6 is 0 Å². The molecule has 1 N–H and O–H groups in total. The molecule has 0 aliphatic heterocycles. The van der Waals surface area contributed by atoms with Gasteiger partial charge in [-0.1, -0.05) is 42.5 Å². The quantitative estimate of drug-likeness (QED) is 0.415. The van der Waals surface area contributed by atoms with E-state index in [4.69, 9.17) is 4.74 Å². The van der Waals surface area contributed by atoms with E-state index >= 15 is 0 Å². The highest BCUT2D eigenvalue weighted by atomic mass is 19.4. The van der Waals surface area contributed by atoms with Gasteiger partial charge in [-0.25, -0.2) is 0 Å². The van der Waals surface area contributed by atoms with Crippen LogP contribution in [0.4, 0.5) is 13.2 Å². The Morgan fingerprint density at radius 3 is 2.12 bits per heavy atom. The van der Waals surface area contributed by atoms with Gasteiger partial charge in [0.1, 0.15) is 11.5 Å². The van der Waals surface area contributed by atoms with Crippen LogP contribution in [0.3, 0.4) is 0 Å². The van der Waals surface area contributed by atoms with Crippen LogP contribution in [0.5, 0.6) is 11.5 Å². The molecule has 4 aromatic rings. The minimum absolute atomic E-state index is 0.0575. The van der Waals surface area contributed by atoms with Gasteiger partial charge in [-0.15, -0.1) is 13.2 Å². The summed E-state index contributed by atoms with van der Waals surface area (Å²) in [6.07, 6.45) is -4.16. The lowest BCUT2D eigenvalue weighted by atomic mass is 9.99. The Morgan fingerprint density at radius 1 is 0.906 bits per heavy atom.